The molecule has 0 saturated heterocycles. The number of rotatable bonds is 8. The first-order valence-corrected chi connectivity index (χ1v) is 8.85. The highest BCUT2D eigenvalue weighted by molar-refractivity contribution is 7.89. The van der Waals surface area contributed by atoms with Crippen LogP contribution in [0.1, 0.15) is 44.0 Å². The first-order valence-electron chi connectivity index (χ1n) is 7.37. The molecule has 8 heteroatoms. The van der Waals surface area contributed by atoms with Crippen LogP contribution in [0.4, 0.5) is 0 Å². The lowest BCUT2D eigenvalue weighted by molar-refractivity contribution is -0.139. The second kappa shape index (κ2) is 8.07. The number of nitrogens with one attached hydrogen (secondary N) is 2. The average Bonchev–Trinajstić information content (AvgIpc) is 2.51. The topological polar surface area (TPSA) is 113 Å². The number of carbonyl (C=O) groups excluding carboxylic acids is 1. The van der Waals surface area contributed by atoms with Crippen molar-refractivity contribution < 1.29 is 23.1 Å². The Bertz CT molecular complexity index is 655. The van der Waals surface area contributed by atoms with Gasteiger partial charge in [0.25, 0.3) is 5.91 Å². The maximum atomic E-state index is 12.1. The number of carbonyl (C=O) groups is 2. The second-order valence-electron chi connectivity index (χ2n) is 5.23. The summed E-state index contributed by atoms with van der Waals surface area (Å²) in [6.07, 6.45) is 0.916. The molecule has 0 aliphatic heterocycles. The molecule has 0 aliphatic rings. The lowest BCUT2D eigenvalue weighted by Gasteiger charge is -2.14. The standard InChI is InChI=1S/C15H22N2O5S/c1-4-10(3)17-23(21,22)12-8-6-11(7-9-12)14(18)16-13(5-2)15(19)20/h6-10,13,17H,4-5H2,1-3H3,(H,16,18)(H,19,20). The fourth-order valence-electron chi connectivity index (χ4n) is 1.78. The van der Waals surface area contributed by atoms with Crippen LogP contribution in [0.15, 0.2) is 29.2 Å². The molecule has 2 unspecified atom stereocenters. The van der Waals surface area contributed by atoms with E-state index in [1.165, 1.54) is 24.3 Å². The van der Waals surface area contributed by atoms with Crippen molar-refractivity contribution in [3.8, 4) is 0 Å². The Balaban J connectivity index is 2.88. The van der Waals surface area contributed by atoms with Gasteiger partial charge >= 0.3 is 5.97 Å². The fourth-order valence-corrected chi connectivity index (χ4v) is 3.11. The van der Waals surface area contributed by atoms with E-state index < -0.39 is 27.9 Å². The van der Waals surface area contributed by atoms with Gasteiger partial charge in [0.1, 0.15) is 6.04 Å². The number of hydrogen-bond acceptors (Lipinski definition) is 4. The van der Waals surface area contributed by atoms with E-state index in [-0.39, 0.29) is 22.9 Å². The van der Waals surface area contributed by atoms with Gasteiger partial charge in [-0.2, -0.15) is 0 Å². The Morgan fingerprint density at radius 1 is 1.13 bits per heavy atom. The van der Waals surface area contributed by atoms with Crippen LogP contribution in [-0.4, -0.2) is 37.5 Å². The molecule has 0 saturated carbocycles. The van der Waals surface area contributed by atoms with E-state index in [4.69, 9.17) is 5.11 Å². The molecule has 1 aromatic carbocycles. The van der Waals surface area contributed by atoms with Crippen molar-refractivity contribution in [2.24, 2.45) is 0 Å². The fraction of sp³-hybridized carbons (Fsp3) is 0.467. The zero-order chi connectivity index (χ0) is 17.6. The highest BCUT2D eigenvalue weighted by atomic mass is 32.2. The lowest BCUT2D eigenvalue weighted by Crippen LogP contribution is -2.40. The van der Waals surface area contributed by atoms with Crippen LogP contribution in [0.3, 0.4) is 0 Å². The molecule has 7 nitrogen and oxygen atoms in total. The third-order valence-electron chi connectivity index (χ3n) is 3.41. The Kier molecular flexibility index (Phi) is 6.71. The van der Waals surface area contributed by atoms with Crippen molar-refractivity contribution in [1.82, 2.24) is 10.0 Å². The van der Waals surface area contributed by atoms with Crippen LogP contribution in [0.5, 0.6) is 0 Å². The van der Waals surface area contributed by atoms with Gasteiger partial charge in [0.15, 0.2) is 0 Å². The first-order chi connectivity index (χ1) is 10.7. The number of carboxylic acids is 1. The predicted octanol–water partition coefficient (Wildman–Crippen LogP) is 1.36. The van der Waals surface area contributed by atoms with Gasteiger partial charge in [-0.05, 0) is 44.0 Å². The number of hydrogen-bond donors (Lipinski definition) is 3. The zero-order valence-electron chi connectivity index (χ0n) is 13.4. The summed E-state index contributed by atoms with van der Waals surface area (Å²) in [5, 5.41) is 11.3. The minimum atomic E-state index is -3.63. The van der Waals surface area contributed by atoms with Gasteiger partial charge in [-0.25, -0.2) is 17.9 Å². The summed E-state index contributed by atoms with van der Waals surface area (Å²) in [7, 11) is -3.63. The molecule has 0 spiro atoms. The molecule has 0 heterocycles. The van der Waals surface area contributed by atoms with Crippen LogP contribution >= 0.6 is 0 Å². The van der Waals surface area contributed by atoms with Gasteiger partial charge in [-0.1, -0.05) is 13.8 Å². The van der Waals surface area contributed by atoms with Crippen LogP contribution in [0.2, 0.25) is 0 Å². The highest BCUT2D eigenvalue weighted by Gasteiger charge is 2.20. The maximum absolute atomic E-state index is 12.1. The minimum absolute atomic E-state index is 0.0552. The molecular formula is C15H22N2O5S. The SMILES string of the molecule is CCC(C)NS(=O)(=O)c1ccc(C(=O)NC(CC)C(=O)O)cc1. The molecule has 1 aromatic rings. The monoisotopic (exact) mass is 342 g/mol. The third-order valence-corrected chi connectivity index (χ3v) is 5.01. The Morgan fingerprint density at radius 3 is 2.13 bits per heavy atom. The maximum Gasteiger partial charge on any atom is 0.326 e. The van der Waals surface area contributed by atoms with Crippen molar-refractivity contribution in [1.29, 1.82) is 0 Å². The van der Waals surface area contributed by atoms with E-state index in [0.29, 0.717) is 6.42 Å². The number of benzene rings is 1. The molecule has 128 valence electrons. The summed E-state index contributed by atoms with van der Waals surface area (Å²) in [6.45, 7) is 5.28. The molecule has 0 bridgehead atoms. The average molecular weight is 342 g/mol. The van der Waals surface area contributed by atoms with Gasteiger partial charge in [0, 0.05) is 11.6 Å². The van der Waals surface area contributed by atoms with E-state index in [2.05, 4.69) is 10.0 Å². The molecule has 23 heavy (non-hydrogen) atoms. The lowest BCUT2D eigenvalue weighted by atomic mass is 10.1. The number of amides is 1. The van der Waals surface area contributed by atoms with Gasteiger partial charge < -0.3 is 10.4 Å². The van der Waals surface area contributed by atoms with Gasteiger partial charge in [0.2, 0.25) is 10.0 Å². The summed E-state index contributed by atoms with van der Waals surface area (Å²) in [4.78, 5) is 22.9. The predicted molar refractivity (Wildman–Crippen MR) is 85.7 cm³/mol. The summed E-state index contributed by atoms with van der Waals surface area (Å²) in [5.41, 5.74) is 0.201. The normalized spacial score (nSPS) is 14.0. The molecule has 0 aromatic heterocycles. The van der Waals surface area contributed by atoms with Gasteiger partial charge in [-0.15, -0.1) is 0 Å². The van der Waals surface area contributed by atoms with Crippen LogP contribution < -0.4 is 10.0 Å². The molecular weight excluding hydrogens is 320 g/mol. The molecule has 0 fully saturated rings. The number of aliphatic carboxylic acids is 1. The minimum Gasteiger partial charge on any atom is -0.480 e. The summed E-state index contributed by atoms with van der Waals surface area (Å²) >= 11 is 0. The van der Waals surface area contributed by atoms with Crippen molar-refractivity contribution in [2.45, 2.75) is 50.6 Å². The largest absolute Gasteiger partial charge is 0.480 e. The van der Waals surface area contributed by atoms with Crippen LogP contribution in [0, 0.1) is 0 Å². The smallest absolute Gasteiger partial charge is 0.326 e. The van der Waals surface area contributed by atoms with Crippen molar-refractivity contribution in [3.05, 3.63) is 29.8 Å². The number of carboxylic acid groups (broad SMARTS) is 1. The van der Waals surface area contributed by atoms with E-state index >= 15 is 0 Å². The molecule has 0 radical (unpaired) electrons. The molecule has 1 rings (SSSR count). The zero-order valence-corrected chi connectivity index (χ0v) is 14.2. The van der Waals surface area contributed by atoms with E-state index in [1.54, 1.807) is 13.8 Å². The summed E-state index contributed by atoms with van der Waals surface area (Å²) in [5.74, 6) is -1.67. The highest BCUT2D eigenvalue weighted by Crippen LogP contribution is 2.12. The Labute approximate surface area is 136 Å². The van der Waals surface area contributed by atoms with Crippen molar-refractivity contribution >= 4 is 21.9 Å². The van der Waals surface area contributed by atoms with Crippen LogP contribution in [0.25, 0.3) is 0 Å². The Morgan fingerprint density at radius 2 is 1.70 bits per heavy atom. The van der Waals surface area contributed by atoms with Crippen LogP contribution in [-0.2, 0) is 14.8 Å². The Hall–Kier alpha value is -1.93. The molecule has 0 aliphatic carbocycles. The van der Waals surface area contributed by atoms with Crippen molar-refractivity contribution in [3.63, 3.8) is 0 Å². The second-order valence-corrected chi connectivity index (χ2v) is 6.94. The molecule has 1 amide bonds. The van der Waals surface area contributed by atoms with E-state index in [1.807, 2.05) is 6.92 Å². The molecule has 3 N–H and O–H groups in total. The van der Waals surface area contributed by atoms with Gasteiger partial charge in [-0.3, -0.25) is 4.79 Å². The quantitative estimate of drug-likeness (QED) is 0.660. The summed E-state index contributed by atoms with van der Waals surface area (Å²) < 4.78 is 26.7. The van der Waals surface area contributed by atoms with Gasteiger partial charge in [0.05, 0.1) is 4.90 Å². The number of sulfonamides is 1. The van der Waals surface area contributed by atoms with E-state index in [0.717, 1.165) is 0 Å². The van der Waals surface area contributed by atoms with E-state index in [9.17, 15) is 18.0 Å². The summed E-state index contributed by atoms with van der Waals surface area (Å²) in [6, 6.07) is 4.19. The first kappa shape index (κ1) is 19.1. The van der Waals surface area contributed by atoms with Crippen molar-refractivity contribution in [2.75, 3.05) is 0 Å². The third kappa shape index (κ3) is 5.33. The molecule has 2 atom stereocenters.